The fourth-order valence-corrected chi connectivity index (χ4v) is 1.52. The van der Waals surface area contributed by atoms with Gasteiger partial charge in [0.05, 0.1) is 0 Å². The van der Waals surface area contributed by atoms with Crippen molar-refractivity contribution in [1.29, 1.82) is 0 Å². The molecule has 1 N–H and O–H groups in total. The summed E-state index contributed by atoms with van der Waals surface area (Å²) in [5, 5.41) is 8.42. The number of carbonyl (C=O) groups is 1. The van der Waals surface area contributed by atoms with E-state index in [0.717, 1.165) is 0 Å². The van der Waals surface area contributed by atoms with E-state index in [4.69, 9.17) is 5.11 Å². The van der Waals surface area contributed by atoms with Gasteiger partial charge in [0.1, 0.15) is 0 Å². The van der Waals surface area contributed by atoms with Gasteiger partial charge >= 0.3 is 24.0 Å². The lowest BCUT2D eigenvalue weighted by Crippen LogP contribution is -2.55. The molecule has 0 spiro atoms. The summed E-state index contributed by atoms with van der Waals surface area (Å²) in [7, 11) is 0.497. The van der Waals surface area contributed by atoms with E-state index in [1.54, 1.807) is 0 Å². The van der Waals surface area contributed by atoms with Crippen LogP contribution in [0.5, 0.6) is 0 Å². The van der Waals surface area contributed by atoms with Crippen molar-refractivity contribution in [1.82, 2.24) is 0 Å². The van der Waals surface area contributed by atoms with Crippen molar-refractivity contribution in [2.75, 3.05) is 7.11 Å². The topological polar surface area (TPSA) is 57.8 Å². The third-order valence-electron chi connectivity index (χ3n) is 2.82. The third kappa shape index (κ3) is 5.39. The first-order valence-electron chi connectivity index (χ1n) is 6.39. The first-order valence-corrected chi connectivity index (χ1v) is 6.39. The highest BCUT2D eigenvalue weighted by Gasteiger charge is 2.72. The van der Waals surface area contributed by atoms with E-state index in [-0.39, 0.29) is 31.8 Å². The Hall–Kier alpha value is -1.78. The van der Waals surface area contributed by atoms with Gasteiger partial charge in [-0.3, -0.25) is 4.79 Å². The van der Waals surface area contributed by atoms with Crippen molar-refractivity contribution in [2.45, 2.75) is 43.7 Å². The van der Waals surface area contributed by atoms with E-state index in [1.807, 2.05) is 0 Å². The smallest absolute Gasteiger partial charge is 0.458 e. The van der Waals surface area contributed by atoms with Crippen LogP contribution in [0.4, 0.5) is 30.7 Å². The van der Waals surface area contributed by atoms with Crippen LogP contribution < -0.4 is 0 Å². The SMILES string of the molecule is C=[O+]C(=C[C-](OC)C(F)(F)C(F)(F)C(F)(F)F)CCCCC(=O)O. The Kier molecular flexibility index (Phi) is 7.74. The average Bonchev–Trinajstić information content (AvgIpc) is 2.44. The lowest BCUT2D eigenvalue weighted by atomic mass is 10.0. The van der Waals surface area contributed by atoms with Crippen LogP contribution in [0, 0.1) is 6.10 Å². The molecule has 0 aliphatic carbocycles. The molecule has 140 valence electrons. The van der Waals surface area contributed by atoms with Crippen LogP contribution in [-0.2, 0) is 14.0 Å². The molecule has 0 aliphatic rings. The Morgan fingerprint density at radius 1 is 1.17 bits per heavy atom. The maximum atomic E-state index is 13.5. The lowest BCUT2D eigenvalue weighted by Gasteiger charge is -2.36. The lowest BCUT2D eigenvalue weighted by molar-refractivity contribution is -0.391. The molecule has 11 heteroatoms. The van der Waals surface area contributed by atoms with Crippen molar-refractivity contribution in [3.63, 3.8) is 0 Å². The molecular formula is C13H15F7O4. The third-order valence-corrected chi connectivity index (χ3v) is 2.82. The second-order valence-corrected chi connectivity index (χ2v) is 4.57. The molecule has 0 bridgehead atoms. The molecular weight excluding hydrogens is 353 g/mol. The Balaban J connectivity index is 5.28. The van der Waals surface area contributed by atoms with Gasteiger partial charge in [-0.2, -0.15) is 22.0 Å². The van der Waals surface area contributed by atoms with E-state index in [2.05, 4.69) is 16.0 Å². The molecule has 0 radical (unpaired) electrons. The second kappa shape index (κ2) is 8.36. The minimum Gasteiger partial charge on any atom is -0.481 e. The van der Waals surface area contributed by atoms with E-state index in [9.17, 15) is 35.5 Å². The van der Waals surface area contributed by atoms with E-state index >= 15 is 0 Å². The number of allylic oxidation sites excluding steroid dienone is 1. The van der Waals surface area contributed by atoms with Crippen molar-refractivity contribution in [2.24, 2.45) is 0 Å². The fraction of sp³-hybridized carbons (Fsp3) is 0.615. The van der Waals surface area contributed by atoms with Gasteiger partial charge in [-0.25, -0.2) is 8.78 Å². The highest BCUT2D eigenvalue weighted by molar-refractivity contribution is 5.66. The first kappa shape index (κ1) is 22.2. The van der Waals surface area contributed by atoms with Crippen LogP contribution in [0.3, 0.4) is 0 Å². The number of aliphatic carboxylic acids is 1. The number of hydrogen-bond donors (Lipinski definition) is 1. The summed E-state index contributed by atoms with van der Waals surface area (Å²) in [4.78, 5) is 10.3. The Morgan fingerprint density at radius 3 is 2.04 bits per heavy atom. The standard InChI is InChI=1S/C13H15F7O4/c1-23-8(5-3-4-6-10(21)22)7-9(24-2)11(14,15)12(16,17)13(18,19)20/h7H,1,3-6H2,2H3,(H,21,22). The Bertz CT molecular complexity index is 471. The van der Waals surface area contributed by atoms with Gasteiger partial charge in [0, 0.05) is 13.5 Å². The number of halogens is 7. The molecule has 0 rings (SSSR count). The van der Waals surface area contributed by atoms with Crippen molar-refractivity contribution < 1.29 is 49.8 Å². The molecule has 0 atom stereocenters. The molecule has 0 unspecified atom stereocenters. The molecule has 0 aliphatic heterocycles. The molecule has 0 amide bonds. The zero-order chi connectivity index (χ0) is 19.2. The van der Waals surface area contributed by atoms with Gasteiger partial charge in [0.25, 0.3) is 6.79 Å². The summed E-state index contributed by atoms with van der Waals surface area (Å²) < 4.78 is 97.8. The van der Waals surface area contributed by atoms with Gasteiger partial charge in [-0.1, -0.05) is 12.5 Å². The molecule has 0 aromatic heterocycles. The molecule has 0 aromatic carbocycles. The van der Waals surface area contributed by atoms with E-state index in [0.29, 0.717) is 7.11 Å². The van der Waals surface area contributed by atoms with E-state index in [1.165, 1.54) is 0 Å². The van der Waals surface area contributed by atoms with Gasteiger partial charge < -0.3 is 14.3 Å². The quantitative estimate of drug-likeness (QED) is 0.209. The number of carbonyl (C=O) groups excluding carboxylic acids is 1. The molecule has 0 aromatic rings. The van der Waals surface area contributed by atoms with Crippen LogP contribution in [-0.4, -0.2) is 43.0 Å². The molecule has 0 fully saturated rings. The second-order valence-electron chi connectivity index (χ2n) is 4.57. The number of carboxylic acid groups (broad SMARTS) is 1. The number of hydrogen-bond acceptors (Lipinski definition) is 2. The molecule has 24 heavy (non-hydrogen) atoms. The Labute approximate surface area is 132 Å². The average molecular weight is 368 g/mol. The zero-order valence-corrected chi connectivity index (χ0v) is 12.4. The monoisotopic (exact) mass is 368 g/mol. The van der Waals surface area contributed by atoms with Gasteiger partial charge in [-0.05, 0) is 18.9 Å². The number of unbranched alkanes of at least 4 members (excludes halogenated alkanes) is 1. The maximum absolute atomic E-state index is 13.5. The summed E-state index contributed by atoms with van der Waals surface area (Å²) >= 11 is 0. The van der Waals surface area contributed by atoms with Gasteiger partial charge in [-0.15, -0.1) is 0 Å². The summed E-state index contributed by atoms with van der Waals surface area (Å²) in [6.45, 7) is 2.87. The number of alkyl halides is 7. The van der Waals surface area contributed by atoms with Crippen LogP contribution in [0.1, 0.15) is 25.7 Å². The molecule has 0 saturated heterocycles. The summed E-state index contributed by atoms with van der Waals surface area (Å²) in [6, 6.07) is 0. The van der Waals surface area contributed by atoms with Crippen LogP contribution >= 0.6 is 0 Å². The molecule has 0 saturated carbocycles. The number of carboxylic acids is 1. The van der Waals surface area contributed by atoms with Crippen molar-refractivity contribution in [3.05, 3.63) is 17.9 Å². The van der Waals surface area contributed by atoms with Crippen LogP contribution in [0.15, 0.2) is 11.8 Å². The largest absolute Gasteiger partial charge is 0.481 e. The summed E-state index contributed by atoms with van der Waals surface area (Å²) in [6.07, 6.45) is -8.53. The maximum Gasteiger partial charge on any atom is 0.458 e. The molecule has 4 nitrogen and oxygen atoms in total. The first-order chi connectivity index (χ1) is 10.8. The minimum atomic E-state index is -6.50. The predicted molar refractivity (Wildman–Crippen MR) is 67.5 cm³/mol. The number of rotatable bonds is 10. The summed E-state index contributed by atoms with van der Waals surface area (Å²) in [5.74, 6) is -13.6. The van der Waals surface area contributed by atoms with Crippen LogP contribution in [0.2, 0.25) is 0 Å². The van der Waals surface area contributed by atoms with Gasteiger partial charge in [0.15, 0.2) is 5.76 Å². The number of ether oxygens (including phenoxy) is 1. The highest BCUT2D eigenvalue weighted by atomic mass is 19.4. The Morgan fingerprint density at radius 2 is 1.67 bits per heavy atom. The fourth-order valence-electron chi connectivity index (χ4n) is 1.52. The van der Waals surface area contributed by atoms with Crippen LogP contribution in [0.25, 0.3) is 0 Å². The summed E-state index contributed by atoms with van der Waals surface area (Å²) in [5.41, 5.74) is 0. The predicted octanol–water partition coefficient (Wildman–Crippen LogP) is 3.89. The van der Waals surface area contributed by atoms with E-state index < -0.39 is 35.9 Å². The normalized spacial score (nSPS) is 13.8. The van der Waals surface area contributed by atoms with Crippen molar-refractivity contribution in [3.8, 4) is 0 Å². The zero-order valence-electron chi connectivity index (χ0n) is 12.4. The minimum absolute atomic E-state index is 0.0892. The highest BCUT2D eigenvalue weighted by Crippen LogP contribution is 2.51. The van der Waals surface area contributed by atoms with Crippen molar-refractivity contribution >= 4 is 12.8 Å². The number of methoxy groups -OCH3 is 1. The van der Waals surface area contributed by atoms with Gasteiger partial charge in [0.2, 0.25) is 0 Å². The molecule has 0 heterocycles.